The lowest BCUT2D eigenvalue weighted by Crippen LogP contribution is -2.22. The predicted octanol–water partition coefficient (Wildman–Crippen LogP) is -0.260. The molecule has 0 unspecified atom stereocenters. The zero-order valence-electron chi connectivity index (χ0n) is 9.49. The summed E-state index contributed by atoms with van der Waals surface area (Å²) in [5.74, 6) is -0.950. The van der Waals surface area contributed by atoms with E-state index >= 15 is 0 Å². The third-order valence-corrected chi connectivity index (χ3v) is 4.34. The number of rotatable bonds is 5. The van der Waals surface area contributed by atoms with Crippen LogP contribution in [0.2, 0.25) is 0 Å². The molecule has 9 heteroatoms. The number of hydrogen-bond donors (Lipinski definition) is 1. The minimum Gasteiger partial charge on any atom is -0.267 e. The first-order valence-electron chi connectivity index (χ1n) is 4.76. The number of sulfonamides is 1. The summed E-state index contributed by atoms with van der Waals surface area (Å²) in [7, 11) is -7.10. The van der Waals surface area contributed by atoms with Gasteiger partial charge in [-0.15, -0.1) is 0 Å². The van der Waals surface area contributed by atoms with Gasteiger partial charge in [0.15, 0.2) is 0 Å². The van der Waals surface area contributed by atoms with Gasteiger partial charge in [-0.05, 0) is 12.1 Å². The minimum absolute atomic E-state index is 0.0440. The second-order valence-electron chi connectivity index (χ2n) is 3.59. The number of aromatic nitrogens is 1. The molecule has 0 saturated heterocycles. The summed E-state index contributed by atoms with van der Waals surface area (Å²) in [4.78, 5) is 3.72. The minimum atomic E-state index is -3.76. The third-order valence-electron chi connectivity index (χ3n) is 1.88. The van der Waals surface area contributed by atoms with Crippen molar-refractivity contribution in [1.29, 1.82) is 5.26 Å². The number of nitrogens with one attached hydrogen (secondary N) is 1. The van der Waals surface area contributed by atoms with E-state index in [1.165, 1.54) is 18.3 Å². The third kappa shape index (κ3) is 5.11. The molecule has 0 amide bonds. The molecule has 0 fully saturated rings. The summed E-state index contributed by atoms with van der Waals surface area (Å²) in [6.07, 6.45) is 2.18. The van der Waals surface area contributed by atoms with E-state index in [-0.39, 0.29) is 5.82 Å². The van der Waals surface area contributed by atoms with Crippen LogP contribution in [-0.2, 0) is 19.9 Å². The predicted molar refractivity (Wildman–Crippen MR) is 66.1 cm³/mol. The summed E-state index contributed by atoms with van der Waals surface area (Å²) in [5.41, 5.74) is 0.300. The lowest BCUT2D eigenvalue weighted by atomic mass is 10.3. The van der Waals surface area contributed by atoms with E-state index in [0.29, 0.717) is 5.56 Å². The molecule has 0 bridgehead atoms. The van der Waals surface area contributed by atoms with Crippen molar-refractivity contribution in [3.63, 3.8) is 0 Å². The molecule has 0 aromatic carbocycles. The Morgan fingerprint density at radius 3 is 2.39 bits per heavy atom. The summed E-state index contributed by atoms with van der Waals surface area (Å²) in [6, 6.07) is 4.58. The average molecular weight is 289 g/mol. The van der Waals surface area contributed by atoms with Gasteiger partial charge in [-0.25, -0.2) is 21.8 Å². The highest BCUT2D eigenvalue weighted by Gasteiger charge is 2.14. The van der Waals surface area contributed by atoms with Crippen molar-refractivity contribution in [3.8, 4) is 6.07 Å². The SMILES string of the molecule is CS(=O)(=O)CCS(=O)(=O)Nc1ccc(C#N)cn1. The lowest BCUT2D eigenvalue weighted by molar-refractivity contribution is 0.593. The number of nitriles is 1. The zero-order chi connectivity index (χ0) is 13.8. The summed E-state index contributed by atoms with van der Waals surface area (Å²) in [6.45, 7) is 0. The van der Waals surface area contributed by atoms with Gasteiger partial charge in [0, 0.05) is 12.5 Å². The maximum absolute atomic E-state index is 11.5. The van der Waals surface area contributed by atoms with Gasteiger partial charge >= 0.3 is 0 Å². The van der Waals surface area contributed by atoms with Crippen molar-refractivity contribution < 1.29 is 16.8 Å². The van der Waals surface area contributed by atoms with E-state index in [4.69, 9.17) is 5.26 Å². The zero-order valence-corrected chi connectivity index (χ0v) is 11.1. The highest BCUT2D eigenvalue weighted by molar-refractivity contribution is 7.95. The van der Waals surface area contributed by atoms with Crippen LogP contribution in [0.25, 0.3) is 0 Å². The van der Waals surface area contributed by atoms with Gasteiger partial charge in [-0.1, -0.05) is 0 Å². The quantitative estimate of drug-likeness (QED) is 0.798. The molecule has 0 aliphatic carbocycles. The van der Waals surface area contributed by atoms with Crippen LogP contribution in [0, 0.1) is 11.3 Å². The molecule has 7 nitrogen and oxygen atoms in total. The van der Waals surface area contributed by atoms with Gasteiger partial charge in [0.1, 0.15) is 21.7 Å². The first kappa shape index (κ1) is 14.4. The van der Waals surface area contributed by atoms with Crippen LogP contribution in [0.15, 0.2) is 18.3 Å². The van der Waals surface area contributed by atoms with E-state index in [0.717, 1.165) is 6.26 Å². The Hall–Kier alpha value is -1.66. The molecule has 98 valence electrons. The maximum Gasteiger partial charge on any atom is 0.234 e. The van der Waals surface area contributed by atoms with Gasteiger partial charge in [-0.2, -0.15) is 5.26 Å². The highest BCUT2D eigenvalue weighted by Crippen LogP contribution is 2.06. The largest absolute Gasteiger partial charge is 0.267 e. The molecule has 1 rings (SSSR count). The lowest BCUT2D eigenvalue weighted by Gasteiger charge is -2.06. The van der Waals surface area contributed by atoms with Gasteiger partial charge < -0.3 is 0 Å². The molecular formula is C9H11N3O4S2. The van der Waals surface area contributed by atoms with Crippen molar-refractivity contribution in [3.05, 3.63) is 23.9 Å². The second-order valence-corrected chi connectivity index (χ2v) is 7.70. The highest BCUT2D eigenvalue weighted by atomic mass is 32.2. The van der Waals surface area contributed by atoms with Crippen LogP contribution in [0.1, 0.15) is 5.56 Å². The molecule has 0 aliphatic heterocycles. The number of pyridine rings is 1. The fraction of sp³-hybridized carbons (Fsp3) is 0.333. The van der Waals surface area contributed by atoms with Gasteiger partial charge in [0.05, 0.1) is 17.1 Å². The molecule has 0 radical (unpaired) electrons. The fourth-order valence-corrected chi connectivity index (χ4v) is 3.62. The molecule has 0 spiro atoms. The summed E-state index contributed by atoms with van der Waals surface area (Å²) >= 11 is 0. The fourth-order valence-electron chi connectivity index (χ4n) is 0.992. The van der Waals surface area contributed by atoms with Crippen molar-refractivity contribution in [1.82, 2.24) is 4.98 Å². The van der Waals surface area contributed by atoms with Crippen LogP contribution in [0.4, 0.5) is 5.82 Å². The average Bonchev–Trinajstić information content (AvgIpc) is 2.26. The van der Waals surface area contributed by atoms with Gasteiger partial charge in [0.2, 0.25) is 10.0 Å². The van der Waals surface area contributed by atoms with E-state index in [1.54, 1.807) is 0 Å². The molecular weight excluding hydrogens is 278 g/mol. The van der Waals surface area contributed by atoms with Crippen LogP contribution < -0.4 is 4.72 Å². The van der Waals surface area contributed by atoms with Crippen molar-refractivity contribution in [2.24, 2.45) is 0 Å². The van der Waals surface area contributed by atoms with Crippen molar-refractivity contribution in [2.45, 2.75) is 0 Å². The standard InChI is InChI=1S/C9H11N3O4S2/c1-17(13,14)4-5-18(15,16)12-9-3-2-8(6-10)7-11-9/h2-3,7H,4-5H2,1H3,(H,11,12). The first-order valence-corrected chi connectivity index (χ1v) is 8.47. The topological polar surface area (TPSA) is 117 Å². The Labute approximate surface area is 105 Å². The van der Waals surface area contributed by atoms with E-state index in [2.05, 4.69) is 9.71 Å². The molecule has 1 N–H and O–H groups in total. The molecule has 0 aliphatic rings. The number of anilines is 1. The second kappa shape index (κ2) is 5.32. The molecule has 1 heterocycles. The smallest absolute Gasteiger partial charge is 0.234 e. The molecule has 1 aromatic heterocycles. The molecule has 0 saturated carbocycles. The van der Waals surface area contributed by atoms with Crippen LogP contribution >= 0.6 is 0 Å². The van der Waals surface area contributed by atoms with Crippen molar-refractivity contribution in [2.75, 3.05) is 22.5 Å². The van der Waals surface area contributed by atoms with E-state index in [1.807, 2.05) is 6.07 Å². The summed E-state index contributed by atoms with van der Waals surface area (Å²) in [5, 5.41) is 8.54. The Bertz CT molecular complexity index is 657. The van der Waals surface area contributed by atoms with Crippen LogP contribution in [0.5, 0.6) is 0 Å². The van der Waals surface area contributed by atoms with Gasteiger partial charge in [-0.3, -0.25) is 4.72 Å². The first-order chi connectivity index (χ1) is 8.22. The molecule has 0 atom stereocenters. The monoisotopic (exact) mass is 289 g/mol. The normalized spacial score (nSPS) is 11.8. The number of hydrogen-bond acceptors (Lipinski definition) is 6. The van der Waals surface area contributed by atoms with Crippen molar-refractivity contribution >= 4 is 25.7 Å². The summed E-state index contributed by atoms with van der Waals surface area (Å²) < 4.78 is 46.9. The molecule has 1 aromatic rings. The number of nitrogens with zero attached hydrogens (tertiary/aromatic N) is 2. The van der Waals surface area contributed by atoms with E-state index < -0.39 is 31.4 Å². The Morgan fingerprint density at radius 1 is 1.28 bits per heavy atom. The Kier molecular flexibility index (Phi) is 4.26. The van der Waals surface area contributed by atoms with E-state index in [9.17, 15) is 16.8 Å². The van der Waals surface area contributed by atoms with Crippen LogP contribution in [0.3, 0.4) is 0 Å². The number of sulfone groups is 1. The van der Waals surface area contributed by atoms with Gasteiger partial charge in [0.25, 0.3) is 0 Å². The Morgan fingerprint density at radius 2 is 1.94 bits per heavy atom. The Balaban J connectivity index is 2.74. The maximum atomic E-state index is 11.5. The van der Waals surface area contributed by atoms with Crippen LogP contribution in [-0.4, -0.2) is 39.6 Å². The molecule has 18 heavy (non-hydrogen) atoms.